The van der Waals surface area contributed by atoms with Crippen LogP contribution in [0.15, 0.2) is 30.3 Å². The summed E-state index contributed by atoms with van der Waals surface area (Å²) in [5.41, 5.74) is -2.25. The van der Waals surface area contributed by atoms with Crippen LogP contribution < -0.4 is 0 Å². The molecule has 45 heavy (non-hydrogen) atoms. The summed E-state index contributed by atoms with van der Waals surface area (Å²) in [6.45, 7) is 13.4. The van der Waals surface area contributed by atoms with Gasteiger partial charge in [-0.3, -0.25) is 28.8 Å². The lowest BCUT2D eigenvalue weighted by Crippen LogP contribution is -2.76. The minimum atomic E-state index is -2.74. The summed E-state index contributed by atoms with van der Waals surface area (Å²) in [5.74, 6) is -9.25. The van der Waals surface area contributed by atoms with Crippen LogP contribution in [0.2, 0.25) is 0 Å². The Kier molecular flexibility index (Phi) is 7.72. The normalized spacial score (nSPS) is 31.1. The summed E-state index contributed by atoms with van der Waals surface area (Å²) >= 11 is 0. The van der Waals surface area contributed by atoms with Crippen LogP contribution >= 0.6 is 0 Å². The lowest BCUT2D eigenvalue weighted by molar-refractivity contribution is -0.205. The molecule has 0 saturated heterocycles. The summed E-state index contributed by atoms with van der Waals surface area (Å²) in [5, 5.41) is 24.0. The summed E-state index contributed by atoms with van der Waals surface area (Å²) in [4.78, 5) is 81.2. The molecular formula is C37H42O8. The predicted octanol–water partition coefficient (Wildman–Crippen LogP) is 5.01. The highest BCUT2D eigenvalue weighted by Crippen LogP contribution is 2.64. The van der Waals surface area contributed by atoms with Crippen LogP contribution in [0.5, 0.6) is 5.75 Å². The molecule has 0 aliphatic heterocycles. The SMILES string of the molecule is CC(=O)Cc1cccc(-c2cc(C(C)C)c3c(c2O)C(=O)C2C(=O)[C@@]4(O)C(=O)C(C(C)=O)C(=O)C(C(C)C)[C@@]4(C)C[C@@]2(C)C3)c1. The van der Waals surface area contributed by atoms with Gasteiger partial charge in [0.2, 0.25) is 0 Å². The van der Waals surface area contributed by atoms with E-state index >= 15 is 0 Å². The molecule has 2 fully saturated rings. The van der Waals surface area contributed by atoms with Crippen molar-refractivity contribution in [2.45, 2.75) is 86.2 Å². The van der Waals surface area contributed by atoms with Gasteiger partial charge in [0, 0.05) is 23.3 Å². The first kappa shape index (κ1) is 32.6. The maximum Gasteiger partial charge on any atom is 0.190 e. The monoisotopic (exact) mass is 614 g/mol. The largest absolute Gasteiger partial charge is 0.507 e. The molecule has 6 atom stereocenters. The first-order valence-electron chi connectivity index (χ1n) is 15.7. The number of phenols is 1. The Hall–Kier alpha value is -3.78. The molecule has 3 unspecified atom stereocenters. The number of hydrogen-bond acceptors (Lipinski definition) is 8. The highest BCUT2D eigenvalue weighted by molar-refractivity contribution is 6.32. The number of carbonyl (C=O) groups is 6. The Morgan fingerprint density at radius 3 is 2.18 bits per heavy atom. The maximum atomic E-state index is 14.6. The fraction of sp³-hybridized carbons (Fsp3) is 0.514. The second kappa shape index (κ2) is 10.6. The average Bonchev–Trinajstić information content (AvgIpc) is 2.90. The molecule has 0 heterocycles. The third-order valence-corrected chi connectivity index (χ3v) is 10.7. The van der Waals surface area contributed by atoms with E-state index < -0.39 is 69.0 Å². The quantitative estimate of drug-likeness (QED) is 0.432. The highest BCUT2D eigenvalue weighted by Gasteiger charge is 2.76. The second-order valence-electron chi connectivity index (χ2n) is 14.8. The number of Topliss-reactive ketones (excluding diaryl/α,β-unsaturated/α-hetero) is 6. The number of aliphatic hydroxyl groups is 1. The number of rotatable bonds is 6. The van der Waals surface area contributed by atoms with Gasteiger partial charge in [-0.15, -0.1) is 0 Å². The zero-order valence-electron chi connectivity index (χ0n) is 27.2. The van der Waals surface area contributed by atoms with Gasteiger partial charge in [0.15, 0.2) is 28.7 Å². The van der Waals surface area contributed by atoms with Crippen LogP contribution in [-0.4, -0.2) is 50.5 Å². The topological polar surface area (TPSA) is 143 Å². The lowest BCUT2D eigenvalue weighted by atomic mass is 9.39. The Morgan fingerprint density at radius 2 is 1.62 bits per heavy atom. The van der Waals surface area contributed by atoms with Crippen molar-refractivity contribution in [2.24, 2.45) is 34.5 Å². The zero-order chi connectivity index (χ0) is 33.5. The summed E-state index contributed by atoms with van der Waals surface area (Å²) in [6, 6.07) is 9.00. The van der Waals surface area contributed by atoms with Crippen LogP contribution in [0.3, 0.4) is 0 Å². The van der Waals surface area contributed by atoms with Crippen LogP contribution in [-0.2, 0) is 36.8 Å². The fourth-order valence-corrected chi connectivity index (χ4v) is 9.10. The summed E-state index contributed by atoms with van der Waals surface area (Å²) < 4.78 is 0. The maximum absolute atomic E-state index is 14.6. The summed E-state index contributed by atoms with van der Waals surface area (Å²) in [6.07, 6.45) is 0.415. The van der Waals surface area contributed by atoms with Gasteiger partial charge >= 0.3 is 0 Å². The van der Waals surface area contributed by atoms with Crippen molar-refractivity contribution in [3.05, 3.63) is 52.6 Å². The molecule has 8 heteroatoms. The molecule has 0 bridgehead atoms. The molecule has 2 aromatic carbocycles. The van der Waals surface area contributed by atoms with E-state index in [1.165, 1.54) is 6.92 Å². The molecule has 238 valence electrons. The fourth-order valence-electron chi connectivity index (χ4n) is 9.10. The Balaban J connectivity index is 1.74. The van der Waals surface area contributed by atoms with E-state index in [2.05, 4.69) is 0 Å². The van der Waals surface area contributed by atoms with E-state index in [9.17, 15) is 39.0 Å². The van der Waals surface area contributed by atoms with Crippen LogP contribution in [0, 0.1) is 34.5 Å². The van der Waals surface area contributed by atoms with Gasteiger partial charge in [0.25, 0.3) is 0 Å². The Bertz CT molecular complexity index is 1700. The number of fused-ring (bicyclic) bond motifs is 3. The number of hydrogen-bond donors (Lipinski definition) is 2. The van der Waals surface area contributed by atoms with E-state index in [0.29, 0.717) is 16.7 Å². The van der Waals surface area contributed by atoms with Gasteiger partial charge in [-0.05, 0) is 72.3 Å². The molecule has 3 aliphatic carbocycles. The van der Waals surface area contributed by atoms with E-state index in [0.717, 1.165) is 18.1 Å². The molecule has 8 nitrogen and oxygen atoms in total. The van der Waals surface area contributed by atoms with Gasteiger partial charge < -0.3 is 10.2 Å². The van der Waals surface area contributed by atoms with Crippen LogP contribution in [0.4, 0.5) is 0 Å². The van der Waals surface area contributed by atoms with E-state index in [1.54, 1.807) is 45.9 Å². The van der Waals surface area contributed by atoms with Gasteiger partial charge in [-0.1, -0.05) is 65.8 Å². The highest BCUT2D eigenvalue weighted by atomic mass is 16.3. The molecule has 0 radical (unpaired) electrons. The van der Waals surface area contributed by atoms with E-state index in [4.69, 9.17) is 0 Å². The predicted molar refractivity (Wildman–Crippen MR) is 167 cm³/mol. The number of ketones is 6. The lowest BCUT2D eigenvalue weighted by Gasteiger charge is -2.62. The average molecular weight is 615 g/mol. The summed E-state index contributed by atoms with van der Waals surface area (Å²) in [7, 11) is 0. The third kappa shape index (κ3) is 4.50. The first-order chi connectivity index (χ1) is 20.8. The van der Waals surface area contributed by atoms with Crippen molar-refractivity contribution in [3.63, 3.8) is 0 Å². The minimum Gasteiger partial charge on any atom is -0.507 e. The molecular weight excluding hydrogens is 572 g/mol. The molecule has 0 aromatic heterocycles. The molecule has 0 amide bonds. The third-order valence-electron chi connectivity index (χ3n) is 10.7. The van der Waals surface area contributed by atoms with Gasteiger partial charge in [0.05, 0.1) is 11.5 Å². The molecule has 2 saturated carbocycles. The zero-order valence-corrected chi connectivity index (χ0v) is 27.2. The second-order valence-corrected chi connectivity index (χ2v) is 14.8. The van der Waals surface area contributed by atoms with Gasteiger partial charge in [-0.2, -0.15) is 0 Å². The standard InChI is InChI=1S/C37H42O8/c1-17(2)23-14-24(22-11-9-10-21(13-22)12-19(5)38)30(40)27-25(23)15-35(7)16-36(8)28(18(3)4)31(41)26(20(6)39)33(43)37(36,45)34(44)29(35)32(27)42/h9-11,13-14,17-18,26,28-29,40,45H,12,15-16H2,1-8H3/t26?,28?,29?,35-,36-,37+/m1/s1. The van der Waals surface area contributed by atoms with Gasteiger partial charge in [0.1, 0.15) is 23.2 Å². The van der Waals surface area contributed by atoms with Crippen molar-refractivity contribution in [2.75, 3.05) is 0 Å². The number of aromatic hydroxyl groups is 1. The van der Waals surface area contributed by atoms with Crippen molar-refractivity contribution < 1.29 is 39.0 Å². The molecule has 3 aliphatic rings. The van der Waals surface area contributed by atoms with Crippen LogP contribution in [0.1, 0.15) is 94.8 Å². The van der Waals surface area contributed by atoms with E-state index in [1.807, 2.05) is 26.0 Å². The molecule has 2 N–H and O–H groups in total. The molecule has 5 rings (SSSR count). The van der Waals surface area contributed by atoms with E-state index in [-0.39, 0.29) is 42.3 Å². The number of benzene rings is 2. The molecule has 2 aromatic rings. The van der Waals surface area contributed by atoms with Crippen molar-refractivity contribution >= 4 is 34.7 Å². The first-order valence-corrected chi connectivity index (χ1v) is 15.7. The Morgan fingerprint density at radius 1 is 0.978 bits per heavy atom. The molecule has 0 spiro atoms. The number of carbonyl (C=O) groups excluding carboxylic acids is 6. The number of phenolic OH excluding ortho intramolecular Hbond substituents is 1. The Labute approximate surface area is 263 Å². The smallest absolute Gasteiger partial charge is 0.190 e. The van der Waals surface area contributed by atoms with Crippen LogP contribution in [0.25, 0.3) is 11.1 Å². The van der Waals surface area contributed by atoms with Crippen molar-refractivity contribution in [3.8, 4) is 16.9 Å². The minimum absolute atomic E-state index is 0.0101. The van der Waals surface area contributed by atoms with Crippen molar-refractivity contribution in [1.82, 2.24) is 0 Å². The van der Waals surface area contributed by atoms with Crippen molar-refractivity contribution in [1.29, 1.82) is 0 Å². The van der Waals surface area contributed by atoms with Gasteiger partial charge in [-0.25, -0.2) is 0 Å².